The molecule has 140 valence electrons. The van der Waals surface area contributed by atoms with Crippen molar-refractivity contribution in [3.8, 4) is 11.3 Å². The Kier molecular flexibility index (Phi) is 4.71. The van der Waals surface area contributed by atoms with Gasteiger partial charge in [-0.05, 0) is 31.2 Å². The van der Waals surface area contributed by atoms with Crippen molar-refractivity contribution >= 4 is 22.0 Å². The highest BCUT2D eigenvalue weighted by atomic mass is 32.2. The summed E-state index contributed by atoms with van der Waals surface area (Å²) in [7, 11) is -2.93. The van der Waals surface area contributed by atoms with E-state index in [0.29, 0.717) is 9.87 Å². The molecule has 0 spiro atoms. The summed E-state index contributed by atoms with van der Waals surface area (Å²) < 4.78 is 44.3. The Hall–Kier alpha value is -3.20. The molecule has 0 bridgehead atoms. The fourth-order valence-electron chi connectivity index (χ4n) is 2.36. The number of hydrogen-bond donors (Lipinski definition) is 1. The SMILES string of the molecule is Cc1ccc(-c2nc(N(C)S(=O)(=O)c3ccc(F)cc3)oc2C(=O)O)cc1. The Labute approximate surface area is 154 Å². The van der Waals surface area contributed by atoms with Crippen molar-refractivity contribution in [1.82, 2.24) is 4.98 Å². The first kappa shape index (κ1) is 18.6. The van der Waals surface area contributed by atoms with E-state index in [9.17, 15) is 22.7 Å². The number of anilines is 1. The van der Waals surface area contributed by atoms with Gasteiger partial charge in [0.2, 0.25) is 5.76 Å². The van der Waals surface area contributed by atoms with Crippen molar-refractivity contribution in [1.29, 1.82) is 0 Å². The number of aromatic carboxylic acids is 1. The highest BCUT2D eigenvalue weighted by molar-refractivity contribution is 7.92. The molecule has 0 atom stereocenters. The predicted octanol–water partition coefficient (Wildman–Crippen LogP) is 3.31. The van der Waals surface area contributed by atoms with Crippen molar-refractivity contribution in [2.75, 3.05) is 11.4 Å². The lowest BCUT2D eigenvalue weighted by atomic mass is 10.1. The third kappa shape index (κ3) is 3.54. The van der Waals surface area contributed by atoms with Crippen molar-refractivity contribution in [2.45, 2.75) is 11.8 Å². The molecule has 7 nitrogen and oxygen atoms in total. The molecular weight excluding hydrogens is 375 g/mol. The lowest BCUT2D eigenvalue weighted by molar-refractivity contribution is 0.0664. The van der Waals surface area contributed by atoms with Crippen LogP contribution in [-0.4, -0.2) is 31.5 Å². The molecule has 1 N–H and O–H groups in total. The molecule has 0 radical (unpaired) electrons. The summed E-state index contributed by atoms with van der Waals surface area (Å²) in [5.41, 5.74) is 1.45. The molecule has 9 heteroatoms. The fraction of sp³-hybridized carbons (Fsp3) is 0.111. The van der Waals surface area contributed by atoms with E-state index in [1.807, 2.05) is 6.92 Å². The number of carboxylic acids is 1. The first-order valence-electron chi connectivity index (χ1n) is 7.76. The number of carboxylic acid groups (broad SMARTS) is 1. The summed E-state index contributed by atoms with van der Waals surface area (Å²) in [6.07, 6.45) is 0. The number of sulfonamides is 1. The molecule has 0 saturated carbocycles. The molecule has 1 heterocycles. The van der Waals surface area contributed by atoms with Gasteiger partial charge < -0.3 is 9.52 Å². The zero-order chi connectivity index (χ0) is 19.8. The number of aryl methyl sites for hydroxylation is 1. The molecule has 1 aromatic heterocycles. The molecule has 0 aliphatic heterocycles. The number of nitrogens with zero attached hydrogens (tertiary/aromatic N) is 2. The van der Waals surface area contributed by atoms with E-state index in [1.54, 1.807) is 24.3 Å². The van der Waals surface area contributed by atoms with E-state index in [-0.39, 0.29) is 10.6 Å². The normalized spacial score (nSPS) is 11.4. The fourth-order valence-corrected chi connectivity index (χ4v) is 3.44. The van der Waals surface area contributed by atoms with E-state index in [4.69, 9.17) is 4.42 Å². The number of carbonyl (C=O) groups is 1. The van der Waals surface area contributed by atoms with Crippen molar-refractivity contribution < 1.29 is 27.1 Å². The highest BCUT2D eigenvalue weighted by Gasteiger charge is 2.29. The summed E-state index contributed by atoms with van der Waals surface area (Å²) in [6, 6.07) is 10.7. The van der Waals surface area contributed by atoms with Gasteiger partial charge in [-0.25, -0.2) is 21.9 Å². The second-order valence-corrected chi connectivity index (χ2v) is 7.74. The highest BCUT2D eigenvalue weighted by Crippen LogP contribution is 2.30. The maximum absolute atomic E-state index is 13.1. The van der Waals surface area contributed by atoms with Crippen LogP contribution in [0.4, 0.5) is 10.4 Å². The van der Waals surface area contributed by atoms with Gasteiger partial charge in [-0.15, -0.1) is 0 Å². The smallest absolute Gasteiger partial charge is 0.374 e. The average Bonchev–Trinajstić information content (AvgIpc) is 3.07. The van der Waals surface area contributed by atoms with Gasteiger partial charge in [-0.1, -0.05) is 29.8 Å². The minimum Gasteiger partial charge on any atom is -0.475 e. The summed E-state index contributed by atoms with van der Waals surface area (Å²) in [5, 5.41) is 9.38. The molecule has 0 saturated heterocycles. The molecule has 3 aromatic rings. The number of rotatable bonds is 5. The van der Waals surface area contributed by atoms with E-state index in [1.165, 1.54) is 7.05 Å². The zero-order valence-electron chi connectivity index (χ0n) is 14.4. The Bertz CT molecular complexity index is 1090. The minimum atomic E-state index is -4.11. The van der Waals surface area contributed by atoms with Gasteiger partial charge in [-0.3, -0.25) is 0 Å². The van der Waals surface area contributed by atoms with Crippen LogP contribution < -0.4 is 4.31 Å². The Morgan fingerprint density at radius 2 is 1.70 bits per heavy atom. The van der Waals surface area contributed by atoms with E-state index in [2.05, 4.69) is 4.98 Å². The third-order valence-corrected chi connectivity index (χ3v) is 5.62. The molecule has 2 aromatic carbocycles. The van der Waals surface area contributed by atoms with Gasteiger partial charge in [0.25, 0.3) is 10.0 Å². The van der Waals surface area contributed by atoms with Gasteiger partial charge in [0, 0.05) is 12.6 Å². The number of hydrogen-bond acceptors (Lipinski definition) is 5. The molecule has 0 aliphatic rings. The van der Waals surface area contributed by atoms with Gasteiger partial charge in [-0.2, -0.15) is 4.98 Å². The van der Waals surface area contributed by atoms with Crippen molar-refractivity contribution in [3.05, 3.63) is 65.7 Å². The lowest BCUT2D eigenvalue weighted by Gasteiger charge is -2.14. The molecule has 0 unspecified atom stereocenters. The molecule has 0 fully saturated rings. The van der Waals surface area contributed by atoms with Crippen molar-refractivity contribution in [2.24, 2.45) is 0 Å². The topological polar surface area (TPSA) is 101 Å². The van der Waals surface area contributed by atoms with Crippen LogP contribution in [0, 0.1) is 12.7 Å². The Morgan fingerprint density at radius 3 is 2.26 bits per heavy atom. The van der Waals surface area contributed by atoms with Crippen LogP contribution in [-0.2, 0) is 10.0 Å². The average molecular weight is 390 g/mol. The maximum atomic E-state index is 13.1. The van der Waals surface area contributed by atoms with E-state index < -0.39 is 33.6 Å². The summed E-state index contributed by atoms with van der Waals surface area (Å²) in [6.45, 7) is 1.87. The molecule has 3 rings (SSSR count). The number of aromatic nitrogens is 1. The summed E-state index contributed by atoms with van der Waals surface area (Å²) in [5.74, 6) is -2.44. The third-order valence-electron chi connectivity index (χ3n) is 3.88. The first-order chi connectivity index (χ1) is 12.7. The molecule has 0 aliphatic carbocycles. The Morgan fingerprint density at radius 1 is 1.11 bits per heavy atom. The minimum absolute atomic E-state index is 0.0126. The number of halogens is 1. The largest absolute Gasteiger partial charge is 0.475 e. The van der Waals surface area contributed by atoms with Crippen molar-refractivity contribution in [3.63, 3.8) is 0 Å². The second kappa shape index (κ2) is 6.84. The lowest BCUT2D eigenvalue weighted by Crippen LogP contribution is -2.26. The molecular formula is C18H15FN2O5S. The monoisotopic (exact) mass is 390 g/mol. The van der Waals surface area contributed by atoms with Crippen LogP contribution >= 0.6 is 0 Å². The maximum Gasteiger partial charge on any atom is 0.374 e. The molecule has 0 amide bonds. The van der Waals surface area contributed by atoms with E-state index in [0.717, 1.165) is 29.8 Å². The van der Waals surface area contributed by atoms with Gasteiger partial charge in [0.1, 0.15) is 11.5 Å². The summed E-state index contributed by atoms with van der Waals surface area (Å²) >= 11 is 0. The quantitative estimate of drug-likeness (QED) is 0.717. The van der Waals surface area contributed by atoms with E-state index >= 15 is 0 Å². The van der Waals surface area contributed by atoms with Crippen LogP contribution in [0.15, 0.2) is 57.8 Å². The molecule has 27 heavy (non-hydrogen) atoms. The zero-order valence-corrected chi connectivity index (χ0v) is 15.2. The second-order valence-electron chi connectivity index (χ2n) is 5.77. The van der Waals surface area contributed by atoms with Crippen LogP contribution in [0.2, 0.25) is 0 Å². The van der Waals surface area contributed by atoms with Crippen LogP contribution in [0.1, 0.15) is 16.1 Å². The van der Waals surface area contributed by atoms with Crippen LogP contribution in [0.25, 0.3) is 11.3 Å². The van der Waals surface area contributed by atoms with Crippen LogP contribution in [0.5, 0.6) is 0 Å². The Balaban J connectivity index is 2.06. The number of oxazole rings is 1. The predicted molar refractivity (Wildman–Crippen MR) is 95.6 cm³/mol. The van der Waals surface area contributed by atoms with Gasteiger partial charge >= 0.3 is 12.0 Å². The standard InChI is InChI=1S/C18H15FN2O5S/c1-11-3-5-12(6-4-11)15-16(17(22)23)26-18(20-15)21(2)27(24,25)14-9-7-13(19)8-10-14/h3-10H,1-2H3,(H,22,23). The first-order valence-corrected chi connectivity index (χ1v) is 9.20. The van der Waals surface area contributed by atoms with Gasteiger partial charge in [0.15, 0.2) is 0 Å². The summed E-state index contributed by atoms with van der Waals surface area (Å²) in [4.78, 5) is 15.4. The van der Waals surface area contributed by atoms with Gasteiger partial charge in [0.05, 0.1) is 4.90 Å². The number of benzene rings is 2. The van der Waals surface area contributed by atoms with Crippen LogP contribution in [0.3, 0.4) is 0 Å².